The van der Waals surface area contributed by atoms with Crippen LogP contribution in [0.3, 0.4) is 0 Å². The van der Waals surface area contributed by atoms with Gasteiger partial charge >= 0.3 is 0 Å². The molecule has 1 atom stereocenters. The normalized spacial score (nSPS) is 12.1. The molecular weight excluding hydrogens is 314 g/mol. The third-order valence-corrected chi connectivity index (χ3v) is 4.10. The van der Waals surface area contributed by atoms with Crippen LogP contribution in [0.15, 0.2) is 48.5 Å². The Morgan fingerprint density at radius 2 is 1.68 bits per heavy atom. The highest BCUT2D eigenvalue weighted by atomic mass is 16.5. The van der Waals surface area contributed by atoms with E-state index in [1.807, 2.05) is 0 Å². The molecule has 0 saturated heterocycles. The van der Waals surface area contributed by atoms with Gasteiger partial charge in [0.1, 0.15) is 18.5 Å². The Morgan fingerprint density at radius 1 is 1.08 bits per heavy atom. The number of ketones is 1. The topological polar surface area (TPSA) is 49.8 Å². The van der Waals surface area contributed by atoms with Crippen molar-refractivity contribution in [2.45, 2.75) is 39.8 Å². The molecule has 0 bridgehead atoms. The number of nitrogens with zero attached hydrogens (tertiary/aromatic N) is 1. The molecular formula is C21H27NO3. The van der Waals surface area contributed by atoms with Crippen molar-refractivity contribution in [2.75, 3.05) is 18.1 Å². The fraction of sp³-hybridized carbons (Fsp3) is 0.381. The molecule has 4 nitrogen and oxygen atoms in total. The van der Waals surface area contributed by atoms with E-state index in [0.29, 0.717) is 17.9 Å². The summed E-state index contributed by atoms with van der Waals surface area (Å²) < 4.78 is 5.65. The van der Waals surface area contributed by atoms with Crippen LogP contribution in [0.2, 0.25) is 0 Å². The second-order valence-corrected chi connectivity index (χ2v) is 6.63. The molecule has 1 N–H and O–H groups in total. The molecule has 25 heavy (non-hydrogen) atoms. The highest BCUT2D eigenvalue weighted by Crippen LogP contribution is 2.19. The standard InChI is InChI=1S/C21H27NO3/c1-15(2)22(19-9-5-16(3)6-10-19)13-20(24)14-25-21-11-7-18(8-12-21)17(4)23/h5-12,15,20,24H,13-14H2,1-4H3. The lowest BCUT2D eigenvalue weighted by atomic mass is 10.1. The molecule has 1 unspecified atom stereocenters. The number of Topliss-reactive ketones (excluding diaryl/α,β-unsaturated/α-hetero) is 1. The second kappa shape index (κ2) is 8.67. The Bertz CT molecular complexity index is 677. The number of carbonyl (C=O) groups is 1. The van der Waals surface area contributed by atoms with Gasteiger partial charge in [-0.1, -0.05) is 17.7 Å². The van der Waals surface area contributed by atoms with E-state index in [2.05, 4.69) is 49.9 Å². The van der Waals surface area contributed by atoms with Crippen molar-refractivity contribution < 1.29 is 14.6 Å². The molecule has 0 amide bonds. The summed E-state index contributed by atoms with van der Waals surface area (Å²) in [6.45, 7) is 8.50. The van der Waals surface area contributed by atoms with Gasteiger partial charge in [-0.15, -0.1) is 0 Å². The molecule has 2 rings (SSSR count). The zero-order valence-corrected chi connectivity index (χ0v) is 15.4. The third-order valence-electron chi connectivity index (χ3n) is 4.10. The lowest BCUT2D eigenvalue weighted by molar-refractivity contribution is 0.101. The smallest absolute Gasteiger partial charge is 0.159 e. The summed E-state index contributed by atoms with van der Waals surface area (Å²) >= 11 is 0. The van der Waals surface area contributed by atoms with Crippen LogP contribution in [0.5, 0.6) is 5.75 Å². The van der Waals surface area contributed by atoms with Gasteiger partial charge in [-0.05, 0) is 64.1 Å². The number of aliphatic hydroxyl groups excluding tert-OH is 1. The number of carbonyl (C=O) groups excluding carboxylic acids is 1. The molecule has 134 valence electrons. The van der Waals surface area contributed by atoms with Gasteiger partial charge in [0, 0.05) is 23.8 Å². The number of aryl methyl sites for hydroxylation is 1. The summed E-state index contributed by atoms with van der Waals surface area (Å²) in [5, 5.41) is 10.4. The first-order valence-electron chi connectivity index (χ1n) is 8.62. The van der Waals surface area contributed by atoms with Crippen molar-refractivity contribution in [3.63, 3.8) is 0 Å². The molecule has 0 aliphatic heterocycles. The zero-order chi connectivity index (χ0) is 18.4. The maximum absolute atomic E-state index is 11.3. The maximum atomic E-state index is 11.3. The molecule has 2 aromatic rings. The van der Waals surface area contributed by atoms with Crippen molar-refractivity contribution >= 4 is 11.5 Å². The van der Waals surface area contributed by atoms with Crippen LogP contribution in [0.4, 0.5) is 5.69 Å². The van der Waals surface area contributed by atoms with E-state index in [4.69, 9.17) is 4.74 Å². The fourth-order valence-electron chi connectivity index (χ4n) is 2.61. The number of hydrogen-bond donors (Lipinski definition) is 1. The molecule has 0 aliphatic rings. The van der Waals surface area contributed by atoms with Crippen LogP contribution in [0, 0.1) is 6.92 Å². The lowest BCUT2D eigenvalue weighted by Crippen LogP contribution is -2.40. The summed E-state index contributed by atoms with van der Waals surface area (Å²) in [5.74, 6) is 0.674. The Balaban J connectivity index is 1.93. The monoisotopic (exact) mass is 341 g/mol. The van der Waals surface area contributed by atoms with Gasteiger partial charge in [0.25, 0.3) is 0 Å². The van der Waals surface area contributed by atoms with E-state index in [9.17, 15) is 9.90 Å². The Hall–Kier alpha value is -2.33. The van der Waals surface area contributed by atoms with Crippen LogP contribution >= 0.6 is 0 Å². The van der Waals surface area contributed by atoms with E-state index < -0.39 is 6.10 Å². The Kier molecular flexibility index (Phi) is 6.59. The molecule has 2 aromatic carbocycles. The van der Waals surface area contributed by atoms with Crippen molar-refractivity contribution in [1.82, 2.24) is 0 Å². The van der Waals surface area contributed by atoms with Crippen LogP contribution in [0.25, 0.3) is 0 Å². The van der Waals surface area contributed by atoms with Crippen molar-refractivity contribution in [1.29, 1.82) is 0 Å². The SMILES string of the molecule is CC(=O)c1ccc(OCC(O)CN(c2ccc(C)cc2)C(C)C)cc1. The van der Waals surface area contributed by atoms with E-state index in [0.717, 1.165) is 5.69 Å². The quantitative estimate of drug-likeness (QED) is 0.741. The summed E-state index contributed by atoms with van der Waals surface area (Å²) in [6, 6.07) is 15.5. The maximum Gasteiger partial charge on any atom is 0.159 e. The van der Waals surface area contributed by atoms with E-state index >= 15 is 0 Å². The third kappa shape index (κ3) is 5.61. The van der Waals surface area contributed by atoms with E-state index in [1.54, 1.807) is 24.3 Å². The van der Waals surface area contributed by atoms with Crippen LogP contribution in [0.1, 0.15) is 36.7 Å². The largest absolute Gasteiger partial charge is 0.491 e. The fourth-order valence-corrected chi connectivity index (χ4v) is 2.61. The average Bonchev–Trinajstić information content (AvgIpc) is 2.59. The van der Waals surface area contributed by atoms with E-state index in [-0.39, 0.29) is 18.4 Å². The number of aliphatic hydroxyl groups is 1. The van der Waals surface area contributed by atoms with Crippen LogP contribution in [-0.2, 0) is 0 Å². The van der Waals surface area contributed by atoms with Gasteiger partial charge in [-0.3, -0.25) is 4.79 Å². The molecule has 4 heteroatoms. The molecule has 0 fully saturated rings. The average molecular weight is 341 g/mol. The van der Waals surface area contributed by atoms with Gasteiger partial charge in [0.05, 0.1) is 0 Å². The zero-order valence-electron chi connectivity index (χ0n) is 15.4. The van der Waals surface area contributed by atoms with Gasteiger partial charge in [-0.2, -0.15) is 0 Å². The molecule has 0 aliphatic carbocycles. The minimum absolute atomic E-state index is 0.0252. The number of benzene rings is 2. The molecule has 0 spiro atoms. The Labute approximate surface area is 150 Å². The first kappa shape index (κ1) is 19.0. The van der Waals surface area contributed by atoms with Gasteiger partial charge in [-0.25, -0.2) is 0 Å². The second-order valence-electron chi connectivity index (χ2n) is 6.63. The predicted octanol–water partition coefficient (Wildman–Crippen LogP) is 3.85. The predicted molar refractivity (Wildman–Crippen MR) is 102 cm³/mol. The highest BCUT2D eigenvalue weighted by molar-refractivity contribution is 5.94. The highest BCUT2D eigenvalue weighted by Gasteiger charge is 2.16. The van der Waals surface area contributed by atoms with Crippen LogP contribution < -0.4 is 9.64 Å². The van der Waals surface area contributed by atoms with Crippen molar-refractivity contribution in [2.24, 2.45) is 0 Å². The van der Waals surface area contributed by atoms with Crippen LogP contribution in [-0.4, -0.2) is 36.2 Å². The van der Waals surface area contributed by atoms with E-state index in [1.165, 1.54) is 12.5 Å². The first-order chi connectivity index (χ1) is 11.9. The number of hydrogen-bond acceptors (Lipinski definition) is 4. The van der Waals surface area contributed by atoms with Gasteiger partial charge < -0.3 is 14.7 Å². The number of anilines is 1. The van der Waals surface area contributed by atoms with Crippen molar-refractivity contribution in [3.05, 3.63) is 59.7 Å². The number of ether oxygens (including phenoxy) is 1. The number of rotatable bonds is 8. The lowest BCUT2D eigenvalue weighted by Gasteiger charge is -2.31. The van der Waals surface area contributed by atoms with Crippen molar-refractivity contribution in [3.8, 4) is 5.75 Å². The first-order valence-corrected chi connectivity index (χ1v) is 8.62. The minimum atomic E-state index is -0.615. The summed E-state index contributed by atoms with van der Waals surface area (Å²) in [7, 11) is 0. The summed E-state index contributed by atoms with van der Waals surface area (Å²) in [6.07, 6.45) is -0.615. The summed E-state index contributed by atoms with van der Waals surface area (Å²) in [5.41, 5.74) is 2.95. The molecule has 0 aromatic heterocycles. The molecule has 0 heterocycles. The molecule has 0 radical (unpaired) electrons. The van der Waals surface area contributed by atoms with Gasteiger partial charge in [0.2, 0.25) is 0 Å². The minimum Gasteiger partial charge on any atom is -0.491 e. The van der Waals surface area contributed by atoms with Gasteiger partial charge in [0.15, 0.2) is 5.78 Å². The Morgan fingerprint density at radius 3 is 2.20 bits per heavy atom. The molecule has 0 saturated carbocycles. The summed E-state index contributed by atoms with van der Waals surface area (Å²) in [4.78, 5) is 13.4.